The summed E-state index contributed by atoms with van der Waals surface area (Å²) in [6, 6.07) is 5.49. The van der Waals surface area contributed by atoms with Crippen LogP contribution in [0, 0.1) is 19.8 Å². The minimum Gasteiger partial charge on any atom is -0.384 e. The van der Waals surface area contributed by atoms with Crippen molar-refractivity contribution in [2.75, 3.05) is 5.73 Å². The summed E-state index contributed by atoms with van der Waals surface area (Å²) >= 11 is 0. The summed E-state index contributed by atoms with van der Waals surface area (Å²) in [5.74, 6) is -1.94. The number of halogens is 2. The lowest BCUT2D eigenvalue weighted by Crippen LogP contribution is -2.45. The Kier molecular flexibility index (Phi) is 5.30. The molecule has 6 nitrogen and oxygen atoms in total. The number of nitrogen functional groups attached to an aromatic ring is 1. The van der Waals surface area contributed by atoms with Crippen LogP contribution in [-0.2, 0) is 5.34 Å². The number of rotatable bonds is 4. The molecule has 170 valence electrons. The largest absolute Gasteiger partial charge is 0.384 e. The summed E-state index contributed by atoms with van der Waals surface area (Å²) in [7, 11) is 13.4. The van der Waals surface area contributed by atoms with Gasteiger partial charge in [0.2, 0.25) is 5.92 Å². The molecule has 2 N–H and O–H groups in total. The van der Waals surface area contributed by atoms with Gasteiger partial charge in [0.05, 0.1) is 32.4 Å². The minimum absolute atomic E-state index is 0.232. The Morgan fingerprint density at radius 1 is 1.12 bits per heavy atom. The molecule has 0 aromatic carbocycles. The van der Waals surface area contributed by atoms with Gasteiger partial charge >= 0.3 is 0 Å². The number of alkyl halides is 2. The molecule has 0 aliphatic heterocycles. The Bertz CT molecular complexity index is 1330. The first kappa shape index (κ1) is 22.6. The number of nitrogens with two attached hydrogens (primary N) is 1. The number of pyridine rings is 2. The predicted octanol–water partition coefficient (Wildman–Crippen LogP) is 4.73. The molecule has 1 aliphatic carbocycles. The van der Waals surface area contributed by atoms with Gasteiger partial charge in [-0.2, -0.15) is 0 Å². The highest BCUT2D eigenvalue weighted by Crippen LogP contribution is 2.43. The molecule has 0 amide bonds. The standard InChI is InChI=1S/C24H23B2F2N5O/c1-13-21(14(2)34-32-13)16-9-19-22(31-11-16)18(15-3-4-20(29)30-10-15)12-33(19)24(25,26)17-5-7-23(27,28)8-6-17/h3-4,9-12,17H,5-8H2,1-2H3,(H2,29,30). The van der Waals surface area contributed by atoms with Crippen molar-refractivity contribution < 1.29 is 13.3 Å². The fraction of sp³-hybridized carbons (Fsp3) is 0.375. The summed E-state index contributed by atoms with van der Waals surface area (Å²) in [6.07, 6.45) is 5.24. The average Bonchev–Trinajstić information content (AvgIpc) is 3.33. The zero-order valence-electron chi connectivity index (χ0n) is 19.1. The second-order valence-corrected chi connectivity index (χ2v) is 9.19. The third-order valence-corrected chi connectivity index (χ3v) is 6.85. The Labute approximate surface area is 198 Å². The van der Waals surface area contributed by atoms with Crippen molar-refractivity contribution in [3.05, 3.63) is 48.2 Å². The third kappa shape index (κ3) is 3.79. The van der Waals surface area contributed by atoms with Crippen LogP contribution >= 0.6 is 0 Å². The Hall–Kier alpha value is -3.16. The molecule has 0 bridgehead atoms. The molecule has 0 saturated heterocycles. The maximum absolute atomic E-state index is 13.8. The Balaban J connectivity index is 1.69. The molecule has 4 heterocycles. The number of anilines is 1. The molecule has 0 spiro atoms. The number of aromatic nitrogens is 4. The van der Waals surface area contributed by atoms with Crippen LogP contribution in [0.1, 0.15) is 37.1 Å². The number of aryl methyl sites for hydroxylation is 2. The number of hydrogen-bond acceptors (Lipinski definition) is 5. The molecule has 4 radical (unpaired) electrons. The molecular weight excluding hydrogens is 434 g/mol. The highest BCUT2D eigenvalue weighted by Gasteiger charge is 2.41. The second-order valence-electron chi connectivity index (χ2n) is 9.19. The predicted molar refractivity (Wildman–Crippen MR) is 129 cm³/mol. The quantitative estimate of drug-likeness (QED) is 0.449. The first-order valence-corrected chi connectivity index (χ1v) is 11.2. The average molecular weight is 457 g/mol. The first-order valence-electron chi connectivity index (χ1n) is 11.2. The molecule has 34 heavy (non-hydrogen) atoms. The van der Waals surface area contributed by atoms with E-state index in [1.165, 1.54) is 0 Å². The molecule has 4 aromatic rings. The van der Waals surface area contributed by atoms with E-state index in [4.69, 9.17) is 30.9 Å². The van der Waals surface area contributed by atoms with Gasteiger partial charge in [0, 0.05) is 53.7 Å². The monoisotopic (exact) mass is 457 g/mol. The third-order valence-electron chi connectivity index (χ3n) is 6.85. The molecular formula is C24H23B2F2N5O. The number of hydrogen-bond donors (Lipinski definition) is 1. The van der Waals surface area contributed by atoms with Gasteiger partial charge in [-0.15, -0.1) is 0 Å². The van der Waals surface area contributed by atoms with Gasteiger partial charge in [0.15, 0.2) is 0 Å². The normalized spacial score (nSPS) is 16.8. The minimum atomic E-state index is -2.68. The van der Waals surface area contributed by atoms with Crippen LogP contribution in [0.25, 0.3) is 33.3 Å². The van der Waals surface area contributed by atoms with Gasteiger partial charge in [-0.05, 0) is 56.1 Å². The summed E-state index contributed by atoms with van der Waals surface area (Å²) < 4.78 is 34.8. The van der Waals surface area contributed by atoms with E-state index in [1.807, 2.05) is 32.2 Å². The van der Waals surface area contributed by atoms with E-state index in [0.717, 1.165) is 27.9 Å². The van der Waals surface area contributed by atoms with Crippen LogP contribution < -0.4 is 5.73 Å². The van der Waals surface area contributed by atoms with Crippen molar-refractivity contribution in [3.8, 4) is 22.3 Å². The SMILES string of the molecule is [B]C([B])(C1CCC(F)(F)CC1)n1cc(-c2ccc(N)nc2)c2ncc(-c3c(C)noc3C)cc21. The van der Waals surface area contributed by atoms with Crippen molar-refractivity contribution in [1.82, 2.24) is 19.7 Å². The van der Waals surface area contributed by atoms with E-state index in [9.17, 15) is 8.78 Å². The lowest BCUT2D eigenvalue weighted by Gasteiger charge is -2.42. The molecule has 0 atom stereocenters. The topological polar surface area (TPSA) is 82.8 Å². The van der Waals surface area contributed by atoms with Gasteiger partial charge in [-0.3, -0.25) is 4.98 Å². The van der Waals surface area contributed by atoms with Gasteiger partial charge < -0.3 is 14.8 Å². The van der Waals surface area contributed by atoms with Gasteiger partial charge in [-0.1, -0.05) is 5.16 Å². The number of nitrogens with zero attached hydrogens (tertiary/aromatic N) is 4. The van der Waals surface area contributed by atoms with Crippen LogP contribution in [0.4, 0.5) is 14.6 Å². The molecule has 5 rings (SSSR count). The van der Waals surface area contributed by atoms with E-state index in [0.29, 0.717) is 22.6 Å². The molecule has 1 fully saturated rings. The summed E-state index contributed by atoms with van der Waals surface area (Å²) in [4.78, 5) is 8.94. The fourth-order valence-corrected chi connectivity index (χ4v) is 4.93. The highest BCUT2D eigenvalue weighted by molar-refractivity contribution is 6.38. The maximum atomic E-state index is 13.8. The number of fused-ring (bicyclic) bond motifs is 1. The Morgan fingerprint density at radius 2 is 1.82 bits per heavy atom. The van der Waals surface area contributed by atoms with Crippen LogP contribution in [-0.4, -0.2) is 41.3 Å². The first-order chi connectivity index (χ1) is 16.1. The molecule has 1 saturated carbocycles. The van der Waals surface area contributed by atoms with Crippen molar-refractivity contribution in [2.45, 2.75) is 50.8 Å². The summed E-state index contributed by atoms with van der Waals surface area (Å²) in [5.41, 5.74) is 11.1. The molecule has 4 aromatic heterocycles. The van der Waals surface area contributed by atoms with E-state index >= 15 is 0 Å². The van der Waals surface area contributed by atoms with Gasteiger partial charge in [0.25, 0.3) is 0 Å². The van der Waals surface area contributed by atoms with E-state index in [1.54, 1.807) is 23.0 Å². The van der Waals surface area contributed by atoms with Crippen molar-refractivity contribution in [1.29, 1.82) is 0 Å². The van der Waals surface area contributed by atoms with E-state index < -0.39 is 11.3 Å². The van der Waals surface area contributed by atoms with Gasteiger partial charge in [0.1, 0.15) is 11.6 Å². The van der Waals surface area contributed by atoms with E-state index in [-0.39, 0.29) is 31.6 Å². The summed E-state index contributed by atoms with van der Waals surface area (Å²) in [6.45, 7) is 3.70. The van der Waals surface area contributed by atoms with E-state index in [2.05, 4.69) is 10.1 Å². The lowest BCUT2D eigenvalue weighted by molar-refractivity contribution is -0.0498. The van der Waals surface area contributed by atoms with Gasteiger partial charge in [-0.25, -0.2) is 13.8 Å². The van der Waals surface area contributed by atoms with Crippen molar-refractivity contribution >= 4 is 32.5 Å². The van der Waals surface area contributed by atoms with Crippen molar-refractivity contribution in [3.63, 3.8) is 0 Å². The van der Waals surface area contributed by atoms with Crippen LogP contribution in [0.15, 0.2) is 41.3 Å². The Morgan fingerprint density at radius 3 is 2.44 bits per heavy atom. The molecule has 10 heteroatoms. The van der Waals surface area contributed by atoms with Crippen LogP contribution in [0.3, 0.4) is 0 Å². The second kappa shape index (κ2) is 7.96. The molecule has 0 unspecified atom stereocenters. The fourth-order valence-electron chi connectivity index (χ4n) is 4.93. The lowest BCUT2D eigenvalue weighted by atomic mass is 9.52. The van der Waals surface area contributed by atoms with Crippen LogP contribution in [0.2, 0.25) is 0 Å². The highest BCUT2D eigenvalue weighted by atomic mass is 19.3. The maximum Gasteiger partial charge on any atom is 0.248 e. The summed E-state index contributed by atoms with van der Waals surface area (Å²) in [5, 5.41) is 2.65. The molecule has 1 aliphatic rings. The zero-order chi connectivity index (χ0) is 24.3. The smallest absolute Gasteiger partial charge is 0.248 e. The van der Waals surface area contributed by atoms with Crippen molar-refractivity contribution in [2.24, 2.45) is 5.92 Å². The zero-order valence-corrected chi connectivity index (χ0v) is 19.1. The van der Waals surface area contributed by atoms with Crippen LogP contribution in [0.5, 0.6) is 0 Å².